The van der Waals surface area contributed by atoms with Crippen LogP contribution in [0.15, 0.2) is 30.3 Å². The van der Waals surface area contributed by atoms with Crippen molar-refractivity contribution in [3.8, 4) is 11.8 Å². The van der Waals surface area contributed by atoms with Gasteiger partial charge in [0.25, 0.3) is 5.91 Å². The van der Waals surface area contributed by atoms with E-state index in [1.54, 1.807) is 24.3 Å². The monoisotopic (exact) mass is 403 g/mol. The number of nitrogens with one attached hydrogen (secondary N) is 1. The van der Waals surface area contributed by atoms with Crippen LogP contribution in [-0.2, 0) is 5.54 Å². The Labute approximate surface area is 175 Å². The van der Waals surface area contributed by atoms with Gasteiger partial charge in [0.1, 0.15) is 11.8 Å². The standard InChI is InChI=1S/C23H25N5O2/c1-14-20-18(22(29)25-16-7-9-17(10-8-16)30-12-11-24)13-19(15-5-6-15)26-21(20)28(27-14)23(2,3)4/h7-10,13,15H,5-6,12H2,1-4H3,(H,25,29). The maximum atomic E-state index is 13.2. The minimum atomic E-state index is -0.241. The molecule has 1 aromatic carbocycles. The zero-order chi connectivity index (χ0) is 21.5. The van der Waals surface area contributed by atoms with Crippen LogP contribution in [0.5, 0.6) is 5.75 Å². The molecule has 30 heavy (non-hydrogen) atoms. The highest BCUT2D eigenvalue weighted by atomic mass is 16.5. The number of benzene rings is 1. The predicted octanol–water partition coefficient (Wildman–Crippen LogP) is 4.53. The molecule has 0 bridgehead atoms. The van der Waals surface area contributed by atoms with Gasteiger partial charge in [-0.25, -0.2) is 9.67 Å². The van der Waals surface area contributed by atoms with Crippen LogP contribution in [-0.4, -0.2) is 27.3 Å². The lowest BCUT2D eigenvalue weighted by Crippen LogP contribution is -2.23. The fraction of sp³-hybridized carbons (Fsp3) is 0.391. The number of aryl methyl sites for hydroxylation is 1. The number of hydrogen-bond donors (Lipinski definition) is 1. The zero-order valence-corrected chi connectivity index (χ0v) is 17.7. The summed E-state index contributed by atoms with van der Waals surface area (Å²) in [5, 5.41) is 17.1. The number of rotatable bonds is 5. The molecule has 7 nitrogen and oxygen atoms in total. The van der Waals surface area contributed by atoms with Crippen LogP contribution in [0.1, 0.15) is 61.3 Å². The smallest absolute Gasteiger partial charge is 0.256 e. The Balaban J connectivity index is 1.71. The number of aromatic nitrogens is 3. The highest BCUT2D eigenvalue weighted by Gasteiger charge is 2.30. The molecule has 2 heterocycles. The van der Waals surface area contributed by atoms with Gasteiger partial charge in [-0.2, -0.15) is 10.4 Å². The van der Waals surface area contributed by atoms with Crippen LogP contribution in [0, 0.1) is 18.3 Å². The molecule has 3 aromatic rings. The van der Waals surface area contributed by atoms with Crippen LogP contribution in [0.4, 0.5) is 5.69 Å². The van der Waals surface area contributed by atoms with E-state index in [-0.39, 0.29) is 18.1 Å². The van der Waals surface area contributed by atoms with Crippen molar-refractivity contribution in [3.05, 3.63) is 47.3 Å². The summed E-state index contributed by atoms with van der Waals surface area (Å²) in [6.45, 7) is 8.16. The summed E-state index contributed by atoms with van der Waals surface area (Å²) in [5.74, 6) is 0.812. The number of carbonyl (C=O) groups excluding carboxylic acids is 1. The molecule has 4 rings (SSSR count). The van der Waals surface area contributed by atoms with Crippen LogP contribution in [0.2, 0.25) is 0 Å². The van der Waals surface area contributed by atoms with Crippen molar-refractivity contribution >= 4 is 22.6 Å². The Morgan fingerprint density at radius 1 is 1.30 bits per heavy atom. The number of hydrogen-bond acceptors (Lipinski definition) is 5. The van der Waals surface area contributed by atoms with E-state index in [2.05, 4.69) is 26.1 Å². The molecule has 0 atom stereocenters. The van der Waals surface area contributed by atoms with Gasteiger partial charge in [-0.1, -0.05) is 0 Å². The topological polar surface area (TPSA) is 92.8 Å². The molecule has 1 saturated carbocycles. The molecule has 1 fully saturated rings. The molecular weight excluding hydrogens is 378 g/mol. The Morgan fingerprint density at radius 3 is 2.60 bits per heavy atom. The second kappa shape index (κ2) is 7.45. The molecule has 0 saturated heterocycles. The van der Waals surface area contributed by atoms with Crippen molar-refractivity contribution in [2.45, 2.75) is 52.0 Å². The number of amides is 1. The summed E-state index contributed by atoms with van der Waals surface area (Å²) >= 11 is 0. The first-order valence-electron chi connectivity index (χ1n) is 10.1. The summed E-state index contributed by atoms with van der Waals surface area (Å²) in [7, 11) is 0. The molecule has 1 amide bonds. The molecule has 0 unspecified atom stereocenters. The van der Waals surface area contributed by atoms with E-state index in [0.29, 0.717) is 22.9 Å². The van der Waals surface area contributed by atoms with Gasteiger partial charge in [-0.15, -0.1) is 0 Å². The van der Waals surface area contributed by atoms with Gasteiger partial charge in [0.15, 0.2) is 12.3 Å². The molecule has 1 N–H and O–H groups in total. The lowest BCUT2D eigenvalue weighted by molar-refractivity contribution is 0.102. The largest absolute Gasteiger partial charge is 0.479 e. The van der Waals surface area contributed by atoms with Crippen molar-refractivity contribution in [2.24, 2.45) is 0 Å². The molecule has 7 heteroatoms. The van der Waals surface area contributed by atoms with Crippen molar-refractivity contribution in [1.82, 2.24) is 14.8 Å². The van der Waals surface area contributed by atoms with Gasteiger partial charge in [-0.3, -0.25) is 4.79 Å². The molecular formula is C23H25N5O2. The van der Waals surface area contributed by atoms with Crippen molar-refractivity contribution in [3.63, 3.8) is 0 Å². The fourth-order valence-electron chi connectivity index (χ4n) is 3.49. The summed E-state index contributed by atoms with van der Waals surface area (Å²) in [6.07, 6.45) is 2.21. The van der Waals surface area contributed by atoms with Gasteiger partial charge in [0.2, 0.25) is 0 Å². The van der Waals surface area contributed by atoms with E-state index in [9.17, 15) is 4.79 Å². The maximum Gasteiger partial charge on any atom is 0.256 e. The minimum Gasteiger partial charge on any atom is -0.479 e. The molecule has 154 valence electrons. The van der Waals surface area contributed by atoms with Gasteiger partial charge < -0.3 is 10.1 Å². The van der Waals surface area contributed by atoms with Crippen molar-refractivity contribution in [2.75, 3.05) is 11.9 Å². The molecule has 2 aromatic heterocycles. The third kappa shape index (κ3) is 3.86. The van der Waals surface area contributed by atoms with E-state index in [0.717, 1.165) is 35.3 Å². The lowest BCUT2D eigenvalue weighted by Gasteiger charge is -2.20. The van der Waals surface area contributed by atoms with E-state index < -0.39 is 0 Å². The highest BCUT2D eigenvalue weighted by Crippen LogP contribution is 2.41. The van der Waals surface area contributed by atoms with Crippen molar-refractivity contribution < 1.29 is 9.53 Å². The van der Waals surface area contributed by atoms with Crippen LogP contribution in [0.3, 0.4) is 0 Å². The SMILES string of the molecule is Cc1nn(C(C)(C)C)c2nc(C3CC3)cc(C(=O)Nc3ccc(OCC#N)cc3)c12. The van der Waals surface area contributed by atoms with E-state index >= 15 is 0 Å². The van der Waals surface area contributed by atoms with Crippen LogP contribution in [0.25, 0.3) is 11.0 Å². The first-order valence-corrected chi connectivity index (χ1v) is 10.1. The lowest BCUT2D eigenvalue weighted by atomic mass is 10.1. The number of nitriles is 1. The van der Waals surface area contributed by atoms with Crippen molar-refractivity contribution in [1.29, 1.82) is 5.26 Å². The Kier molecular flexibility index (Phi) is 4.94. The predicted molar refractivity (Wildman–Crippen MR) is 115 cm³/mol. The molecule has 0 spiro atoms. The van der Waals surface area contributed by atoms with E-state index in [1.165, 1.54) is 0 Å². The summed E-state index contributed by atoms with van der Waals surface area (Å²) < 4.78 is 7.18. The quantitative estimate of drug-likeness (QED) is 0.676. The fourth-order valence-corrected chi connectivity index (χ4v) is 3.49. The third-order valence-corrected chi connectivity index (χ3v) is 5.12. The average molecular weight is 403 g/mol. The molecule has 1 aliphatic carbocycles. The number of ether oxygens (including phenoxy) is 1. The van der Waals surface area contributed by atoms with E-state index in [4.69, 9.17) is 20.1 Å². The number of nitrogens with zero attached hydrogens (tertiary/aromatic N) is 4. The molecule has 0 radical (unpaired) electrons. The number of anilines is 1. The summed E-state index contributed by atoms with van der Waals surface area (Å²) in [5.41, 5.74) is 3.52. The Hall–Kier alpha value is -3.40. The molecule has 0 aliphatic heterocycles. The maximum absolute atomic E-state index is 13.2. The van der Waals surface area contributed by atoms with Gasteiger partial charge in [-0.05, 0) is 70.9 Å². The highest BCUT2D eigenvalue weighted by molar-refractivity contribution is 6.12. The third-order valence-electron chi connectivity index (χ3n) is 5.12. The first-order chi connectivity index (χ1) is 14.3. The number of pyridine rings is 1. The average Bonchev–Trinajstić information content (AvgIpc) is 3.49. The van der Waals surface area contributed by atoms with Gasteiger partial charge in [0.05, 0.1) is 22.2 Å². The zero-order valence-electron chi connectivity index (χ0n) is 17.7. The van der Waals surface area contributed by atoms with Crippen LogP contribution < -0.4 is 10.1 Å². The second-order valence-corrected chi connectivity index (χ2v) is 8.66. The minimum absolute atomic E-state index is 0.0122. The Morgan fingerprint density at radius 2 is 2.00 bits per heavy atom. The number of carbonyl (C=O) groups is 1. The summed E-state index contributed by atoms with van der Waals surface area (Å²) in [4.78, 5) is 18.1. The number of fused-ring (bicyclic) bond motifs is 1. The van der Waals surface area contributed by atoms with Gasteiger partial charge >= 0.3 is 0 Å². The summed E-state index contributed by atoms with van der Waals surface area (Å²) in [6, 6.07) is 10.8. The molecule has 1 aliphatic rings. The van der Waals surface area contributed by atoms with E-state index in [1.807, 2.05) is 23.7 Å². The Bertz CT molecular complexity index is 1150. The first kappa shape index (κ1) is 19.9. The van der Waals surface area contributed by atoms with Crippen LogP contribution >= 0.6 is 0 Å². The van der Waals surface area contributed by atoms with Gasteiger partial charge in [0, 0.05) is 17.3 Å². The second-order valence-electron chi connectivity index (χ2n) is 8.66. The normalized spacial score (nSPS) is 13.8.